The van der Waals surface area contributed by atoms with Gasteiger partial charge in [0.15, 0.2) is 0 Å². The highest BCUT2D eigenvalue weighted by Crippen LogP contribution is 2.22. The summed E-state index contributed by atoms with van der Waals surface area (Å²) in [7, 11) is 0. The highest BCUT2D eigenvalue weighted by Gasteiger charge is 2.21. The Balaban J connectivity index is 1.58. The second kappa shape index (κ2) is 5.67. The number of nitrogens with one attached hydrogen (secondary N) is 1. The number of ether oxygens (including phenoxy) is 1. The molecule has 0 bridgehead atoms. The zero-order chi connectivity index (χ0) is 13.9. The number of benzene rings is 1. The summed E-state index contributed by atoms with van der Waals surface area (Å²) in [6.45, 7) is 3.10. The molecule has 1 aromatic heterocycles. The maximum absolute atomic E-state index is 13.0. The predicted molar refractivity (Wildman–Crippen MR) is 74.0 cm³/mol. The normalized spacial score (nSPS) is 14.5. The van der Waals surface area contributed by atoms with E-state index in [1.54, 1.807) is 12.1 Å². The van der Waals surface area contributed by atoms with Crippen LogP contribution in [0.5, 0.6) is 5.75 Å². The van der Waals surface area contributed by atoms with Gasteiger partial charge in [0.2, 0.25) is 0 Å². The molecule has 3 nitrogen and oxygen atoms in total. The van der Waals surface area contributed by atoms with Crippen molar-refractivity contribution in [3.63, 3.8) is 0 Å². The fourth-order valence-corrected chi connectivity index (χ4v) is 2.07. The molecule has 1 N–H and O–H groups in total. The second-order valence-electron chi connectivity index (χ2n) is 5.22. The van der Waals surface area contributed by atoms with Gasteiger partial charge in [-0.05, 0) is 43.5 Å². The summed E-state index contributed by atoms with van der Waals surface area (Å²) in [5.74, 6) is 1.93. The van der Waals surface area contributed by atoms with Crippen LogP contribution in [0.25, 0.3) is 0 Å². The molecule has 4 heteroatoms. The van der Waals surface area contributed by atoms with Gasteiger partial charge in [0.1, 0.15) is 29.7 Å². The zero-order valence-electron chi connectivity index (χ0n) is 11.5. The second-order valence-corrected chi connectivity index (χ2v) is 5.22. The van der Waals surface area contributed by atoms with Crippen LogP contribution in [0.1, 0.15) is 29.9 Å². The number of rotatable bonds is 6. The molecule has 2 aromatic rings. The van der Waals surface area contributed by atoms with Crippen LogP contribution >= 0.6 is 0 Å². The molecule has 20 heavy (non-hydrogen) atoms. The molecule has 0 amide bonds. The van der Waals surface area contributed by atoms with Gasteiger partial charge in [-0.1, -0.05) is 6.07 Å². The molecule has 0 spiro atoms. The van der Waals surface area contributed by atoms with Crippen LogP contribution in [0, 0.1) is 12.7 Å². The fourth-order valence-electron chi connectivity index (χ4n) is 2.07. The lowest BCUT2D eigenvalue weighted by Crippen LogP contribution is -2.15. The Morgan fingerprint density at radius 1 is 1.35 bits per heavy atom. The third-order valence-electron chi connectivity index (χ3n) is 3.38. The van der Waals surface area contributed by atoms with E-state index >= 15 is 0 Å². The summed E-state index contributed by atoms with van der Waals surface area (Å²) in [6, 6.07) is 8.75. The molecular formula is C16H18FNO2. The summed E-state index contributed by atoms with van der Waals surface area (Å²) in [5.41, 5.74) is 1.12. The maximum atomic E-state index is 13.0. The van der Waals surface area contributed by atoms with Gasteiger partial charge in [-0.2, -0.15) is 0 Å². The fraction of sp³-hybridized carbons (Fsp3) is 0.375. The van der Waals surface area contributed by atoms with E-state index in [1.165, 1.54) is 25.0 Å². The Kier molecular flexibility index (Phi) is 3.74. The van der Waals surface area contributed by atoms with Crippen molar-refractivity contribution in [1.82, 2.24) is 5.32 Å². The lowest BCUT2D eigenvalue weighted by molar-refractivity contribution is 0.264. The molecule has 1 heterocycles. The molecule has 0 saturated heterocycles. The minimum atomic E-state index is -0.299. The third-order valence-corrected chi connectivity index (χ3v) is 3.38. The van der Waals surface area contributed by atoms with Crippen molar-refractivity contribution >= 4 is 0 Å². The molecule has 0 atom stereocenters. The Morgan fingerprint density at radius 2 is 2.20 bits per heavy atom. The lowest BCUT2D eigenvalue weighted by Gasteiger charge is -2.04. The van der Waals surface area contributed by atoms with Crippen molar-refractivity contribution in [2.45, 2.75) is 39.0 Å². The molecule has 1 aromatic carbocycles. The van der Waals surface area contributed by atoms with Crippen molar-refractivity contribution in [2.24, 2.45) is 0 Å². The molecule has 3 rings (SSSR count). The van der Waals surface area contributed by atoms with Crippen molar-refractivity contribution in [3.8, 4) is 5.75 Å². The largest absolute Gasteiger partial charge is 0.486 e. The van der Waals surface area contributed by atoms with Gasteiger partial charge >= 0.3 is 0 Å². The summed E-state index contributed by atoms with van der Waals surface area (Å²) in [6.07, 6.45) is 2.52. The number of hydrogen-bond acceptors (Lipinski definition) is 3. The van der Waals surface area contributed by atoms with Crippen molar-refractivity contribution < 1.29 is 13.5 Å². The average Bonchev–Trinajstić information content (AvgIpc) is 3.18. The Bertz CT molecular complexity index is 590. The van der Waals surface area contributed by atoms with Gasteiger partial charge in [0.05, 0.1) is 6.54 Å². The Morgan fingerprint density at radius 3 is 2.95 bits per heavy atom. The molecule has 1 saturated carbocycles. The smallest absolute Gasteiger partial charge is 0.146 e. The van der Waals surface area contributed by atoms with Gasteiger partial charge < -0.3 is 14.5 Å². The molecule has 0 radical (unpaired) electrons. The van der Waals surface area contributed by atoms with Gasteiger partial charge in [-0.3, -0.25) is 0 Å². The summed E-state index contributed by atoms with van der Waals surface area (Å²) in [5, 5.41) is 3.42. The van der Waals surface area contributed by atoms with Crippen LogP contribution in [0.15, 0.2) is 34.7 Å². The monoisotopic (exact) mass is 275 g/mol. The van der Waals surface area contributed by atoms with Crippen LogP contribution in [0.3, 0.4) is 0 Å². The highest BCUT2D eigenvalue weighted by molar-refractivity contribution is 5.24. The first-order valence-corrected chi connectivity index (χ1v) is 6.90. The molecule has 106 valence electrons. The standard InChI is InChI=1S/C16H18FNO2/c1-11-7-15(20-16(11)9-18-13-5-6-13)10-19-14-4-2-3-12(17)8-14/h2-4,7-8,13,18H,5-6,9-10H2,1H3. The van der Waals surface area contributed by atoms with Gasteiger partial charge in [-0.25, -0.2) is 4.39 Å². The van der Waals surface area contributed by atoms with E-state index in [-0.39, 0.29) is 5.82 Å². The topological polar surface area (TPSA) is 34.4 Å². The minimum Gasteiger partial charge on any atom is -0.486 e. The predicted octanol–water partition coefficient (Wildman–Crippen LogP) is 3.56. The van der Waals surface area contributed by atoms with E-state index in [1.807, 2.05) is 13.0 Å². The van der Waals surface area contributed by atoms with Crippen LogP contribution in [-0.4, -0.2) is 6.04 Å². The molecule has 1 aliphatic rings. The number of aryl methyl sites for hydroxylation is 1. The van der Waals surface area contributed by atoms with E-state index in [0.29, 0.717) is 18.4 Å². The van der Waals surface area contributed by atoms with Crippen molar-refractivity contribution in [1.29, 1.82) is 0 Å². The average molecular weight is 275 g/mol. The first kappa shape index (κ1) is 13.2. The van der Waals surface area contributed by atoms with E-state index < -0.39 is 0 Å². The molecular weight excluding hydrogens is 257 g/mol. The van der Waals surface area contributed by atoms with Gasteiger partial charge in [0.25, 0.3) is 0 Å². The first-order chi connectivity index (χ1) is 9.70. The minimum absolute atomic E-state index is 0.299. The van der Waals surface area contributed by atoms with E-state index in [0.717, 1.165) is 23.6 Å². The number of furan rings is 1. The molecule has 0 aliphatic heterocycles. The molecule has 1 aliphatic carbocycles. The SMILES string of the molecule is Cc1cc(COc2cccc(F)c2)oc1CNC1CC1. The van der Waals surface area contributed by atoms with Crippen molar-refractivity contribution in [3.05, 3.63) is 53.2 Å². The lowest BCUT2D eigenvalue weighted by atomic mass is 10.2. The number of halogens is 1. The Labute approximate surface area is 117 Å². The van der Waals surface area contributed by atoms with Crippen molar-refractivity contribution in [2.75, 3.05) is 0 Å². The summed E-state index contributed by atoms with van der Waals surface area (Å²) >= 11 is 0. The van der Waals surface area contributed by atoms with Crippen LogP contribution in [0.4, 0.5) is 4.39 Å². The third kappa shape index (κ3) is 3.39. The maximum Gasteiger partial charge on any atom is 0.146 e. The van der Waals surface area contributed by atoms with Gasteiger partial charge in [0, 0.05) is 12.1 Å². The highest BCUT2D eigenvalue weighted by atomic mass is 19.1. The Hall–Kier alpha value is -1.81. The summed E-state index contributed by atoms with van der Waals surface area (Å²) in [4.78, 5) is 0. The zero-order valence-corrected chi connectivity index (χ0v) is 11.5. The quantitative estimate of drug-likeness (QED) is 0.875. The van der Waals surface area contributed by atoms with Crippen LogP contribution in [0.2, 0.25) is 0 Å². The first-order valence-electron chi connectivity index (χ1n) is 6.90. The molecule has 1 fully saturated rings. The van der Waals surface area contributed by atoms with E-state index in [4.69, 9.17) is 9.15 Å². The number of hydrogen-bond donors (Lipinski definition) is 1. The van der Waals surface area contributed by atoms with E-state index in [9.17, 15) is 4.39 Å². The van der Waals surface area contributed by atoms with Crippen LogP contribution in [-0.2, 0) is 13.2 Å². The van der Waals surface area contributed by atoms with E-state index in [2.05, 4.69) is 5.32 Å². The summed E-state index contributed by atoms with van der Waals surface area (Å²) < 4.78 is 24.3. The van der Waals surface area contributed by atoms with Gasteiger partial charge in [-0.15, -0.1) is 0 Å². The molecule has 0 unspecified atom stereocenters. The van der Waals surface area contributed by atoms with Crippen LogP contribution < -0.4 is 10.1 Å².